The number of nitrogens with one attached hydrogen (secondary N) is 2. The summed E-state index contributed by atoms with van der Waals surface area (Å²) in [5.41, 5.74) is 2.96. The van der Waals surface area contributed by atoms with Crippen molar-refractivity contribution in [1.29, 1.82) is 0 Å². The number of sulfonamides is 1. The summed E-state index contributed by atoms with van der Waals surface area (Å²) in [7, 11) is -1.91. The van der Waals surface area contributed by atoms with Crippen molar-refractivity contribution >= 4 is 15.7 Å². The van der Waals surface area contributed by atoms with Crippen LogP contribution < -0.4 is 10.0 Å². The minimum atomic E-state index is -3.46. The van der Waals surface area contributed by atoms with Crippen molar-refractivity contribution in [3.05, 3.63) is 23.3 Å². The van der Waals surface area contributed by atoms with Crippen molar-refractivity contribution in [2.75, 3.05) is 32.1 Å². The number of ether oxygens (including phenoxy) is 1. The molecule has 0 aromatic heterocycles. The minimum absolute atomic E-state index is 0.287. The van der Waals surface area contributed by atoms with Crippen molar-refractivity contribution in [2.24, 2.45) is 0 Å². The Balaban J connectivity index is 2.34. The zero-order valence-electron chi connectivity index (χ0n) is 11.3. The van der Waals surface area contributed by atoms with E-state index in [4.69, 9.17) is 4.74 Å². The molecule has 19 heavy (non-hydrogen) atoms. The molecule has 0 unspecified atom stereocenters. The Morgan fingerprint density at radius 1 is 1.42 bits per heavy atom. The molecule has 1 aliphatic rings. The van der Waals surface area contributed by atoms with Gasteiger partial charge in [0.1, 0.15) is 0 Å². The molecule has 1 aromatic carbocycles. The summed E-state index contributed by atoms with van der Waals surface area (Å²) in [6.07, 6.45) is 1.75. The van der Waals surface area contributed by atoms with Crippen LogP contribution in [0.2, 0.25) is 0 Å². The molecule has 106 valence electrons. The minimum Gasteiger partial charge on any atom is -0.385 e. The first-order valence-corrected chi connectivity index (χ1v) is 7.89. The second-order valence-electron chi connectivity index (χ2n) is 4.66. The Morgan fingerprint density at radius 2 is 2.21 bits per heavy atom. The number of fused-ring (bicyclic) bond motifs is 1. The summed E-state index contributed by atoms with van der Waals surface area (Å²) >= 11 is 0. The van der Waals surface area contributed by atoms with Gasteiger partial charge in [-0.25, -0.2) is 13.1 Å². The highest BCUT2D eigenvalue weighted by molar-refractivity contribution is 7.89. The van der Waals surface area contributed by atoms with Gasteiger partial charge >= 0.3 is 0 Å². The van der Waals surface area contributed by atoms with Crippen molar-refractivity contribution < 1.29 is 13.2 Å². The number of hydrogen-bond donors (Lipinski definition) is 2. The lowest BCUT2D eigenvalue weighted by Gasteiger charge is -2.23. The van der Waals surface area contributed by atoms with E-state index in [2.05, 4.69) is 10.0 Å². The highest BCUT2D eigenvalue weighted by atomic mass is 32.2. The number of benzene rings is 1. The van der Waals surface area contributed by atoms with Crippen LogP contribution in [0.4, 0.5) is 5.69 Å². The maximum Gasteiger partial charge on any atom is 0.240 e. The number of aryl methyl sites for hydroxylation is 1. The summed E-state index contributed by atoms with van der Waals surface area (Å²) in [6, 6.07) is 3.54. The van der Waals surface area contributed by atoms with E-state index in [0.717, 1.165) is 36.2 Å². The van der Waals surface area contributed by atoms with Crippen LogP contribution in [0.25, 0.3) is 0 Å². The third-order valence-corrected chi connectivity index (χ3v) is 4.82. The first-order valence-electron chi connectivity index (χ1n) is 6.41. The van der Waals surface area contributed by atoms with Crippen LogP contribution in [0.5, 0.6) is 0 Å². The molecule has 0 saturated heterocycles. The zero-order chi connectivity index (χ0) is 13.9. The van der Waals surface area contributed by atoms with Gasteiger partial charge in [-0.05, 0) is 37.0 Å². The van der Waals surface area contributed by atoms with Crippen LogP contribution in [0.3, 0.4) is 0 Å². The summed E-state index contributed by atoms with van der Waals surface area (Å²) in [5, 5.41) is 3.29. The molecule has 1 aromatic rings. The van der Waals surface area contributed by atoms with Gasteiger partial charge in [-0.15, -0.1) is 0 Å². The van der Waals surface area contributed by atoms with Gasteiger partial charge in [0.2, 0.25) is 10.0 Å². The smallest absolute Gasteiger partial charge is 0.240 e. The quantitative estimate of drug-likeness (QED) is 0.799. The standard InChI is InChI=1S/C13H20N2O3S/c1-10-5-6-12(11-4-3-7-14-13(10)11)19(16,17)15-8-9-18-2/h5-6,14-15H,3-4,7-9H2,1-2H3. The molecule has 6 heteroatoms. The molecule has 1 heterocycles. The van der Waals surface area contributed by atoms with E-state index in [1.807, 2.05) is 13.0 Å². The van der Waals surface area contributed by atoms with Crippen molar-refractivity contribution in [3.8, 4) is 0 Å². The summed E-state index contributed by atoms with van der Waals surface area (Å²) in [4.78, 5) is 0.386. The molecule has 1 aliphatic heterocycles. The van der Waals surface area contributed by atoms with Crippen LogP contribution in [0.15, 0.2) is 17.0 Å². The van der Waals surface area contributed by atoms with Crippen molar-refractivity contribution in [3.63, 3.8) is 0 Å². The maximum atomic E-state index is 12.3. The Labute approximate surface area is 114 Å². The highest BCUT2D eigenvalue weighted by Gasteiger charge is 2.23. The molecule has 0 bridgehead atoms. The Morgan fingerprint density at radius 3 is 2.95 bits per heavy atom. The predicted molar refractivity (Wildman–Crippen MR) is 75.1 cm³/mol. The topological polar surface area (TPSA) is 67.4 Å². The summed E-state index contributed by atoms with van der Waals surface area (Å²) < 4.78 is 32.0. The molecule has 0 atom stereocenters. The predicted octanol–water partition coefficient (Wildman–Crippen LogP) is 1.28. The van der Waals surface area contributed by atoms with Gasteiger partial charge in [0.25, 0.3) is 0 Å². The molecule has 2 N–H and O–H groups in total. The van der Waals surface area contributed by atoms with Crippen LogP contribution in [0.1, 0.15) is 17.5 Å². The lowest BCUT2D eigenvalue weighted by Crippen LogP contribution is -2.29. The molecule has 5 nitrogen and oxygen atoms in total. The van der Waals surface area contributed by atoms with Gasteiger partial charge < -0.3 is 10.1 Å². The first-order chi connectivity index (χ1) is 9.06. The largest absolute Gasteiger partial charge is 0.385 e. The van der Waals surface area contributed by atoms with Gasteiger partial charge in [-0.3, -0.25) is 0 Å². The maximum absolute atomic E-state index is 12.3. The van der Waals surface area contributed by atoms with Gasteiger partial charge in [-0.2, -0.15) is 0 Å². The van der Waals surface area contributed by atoms with E-state index in [9.17, 15) is 8.42 Å². The third kappa shape index (κ3) is 3.08. The van der Waals surface area contributed by atoms with E-state index >= 15 is 0 Å². The Kier molecular flexibility index (Phi) is 4.44. The summed E-state index contributed by atoms with van der Waals surface area (Å²) in [5.74, 6) is 0. The molecule has 0 spiro atoms. The van der Waals surface area contributed by atoms with Gasteiger partial charge in [0, 0.05) is 25.9 Å². The lowest BCUT2D eigenvalue weighted by molar-refractivity contribution is 0.204. The summed E-state index contributed by atoms with van der Waals surface area (Å²) in [6.45, 7) is 3.54. The zero-order valence-corrected chi connectivity index (χ0v) is 12.1. The van der Waals surface area contributed by atoms with E-state index in [0.29, 0.717) is 11.5 Å². The second kappa shape index (κ2) is 5.90. The molecule has 0 radical (unpaired) electrons. The third-order valence-electron chi connectivity index (χ3n) is 3.27. The normalized spacial score (nSPS) is 14.8. The molecule has 0 amide bonds. The monoisotopic (exact) mass is 284 g/mol. The fourth-order valence-corrected chi connectivity index (χ4v) is 3.61. The van der Waals surface area contributed by atoms with Gasteiger partial charge in [0.05, 0.1) is 11.5 Å². The van der Waals surface area contributed by atoms with Crippen LogP contribution in [0, 0.1) is 6.92 Å². The number of methoxy groups -OCH3 is 1. The lowest BCUT2D eigenvalue weighted by atomic mass is 10.00. The SMILES string of the molecule is COCCNS(=O)(=O)c1ccc(C)c2c1CCCN2. The van der Waals surface area contributed by atoms with Crippen LogP contribution in [-0.2, 0) is 21.2 Å². The molecular formula is C13H20N2O3S. The van der Waals surface area contributed by atoms with Gasteiger partial charge in [0.15, 0.2) is 0 Å². The average molecular weight is 284 g/mol. The fourth-order valence-electron chi connectivity index (χ4n) is 2.33. The van der Waals surface area contributed by atoms with Crippen molar-refractivity contribution in [2.45, 2.75) is 24.7 Å². The average Bonchev–Trinajstić information content (AvgIpc) is 2.39. The van der Waals surface area contributed by atoms with Crippen LogP contribution >= 0.6 is 0 Å². The molecular weight excluding hydrogens is 264 g/mol. The molecule has 0 fully saturated rings. The van der Waals surface area contributed by atoms with E-state index < -0.39 is 10.0 Å². The number of hydrogen-bond acceptors (Lipinski definition) is 4. The second-order valence-corrected chi connectivity index (χ2v) is 6.39. The first kappa shape index (κ1) is 14.3. The van der Waals surface area contributed by atoms with E-state index in [1.54, 1.807) is 13.2 Å². The highest BCUT2D eigenvalue weighted by Crippen LogP contribution is 2.31. The van der Waals surface area contributed by atoms with E-state index in [1.165, 1.54) is 0 Å². The number of anilines is 1. The fraction of sp³-hybridized carbons (Fsp3) is 0.538. The Bertz CT molecular complexity index is 555. The Hall–Kier alpha value is -1.11. The van der Waals surface area contributed by atoms with Gasteiger partial charge in [-0.1, -0.05) is 6.07 Å². The van der Waals surface area contributed by atoms with Crippen LogP contribution in [-0.4, -0.2) is 35.2 Å². The molecule has 2 rings (SSSR count). The number of rotatable bonds is 5. The van der Waals surface area contributed by atoms with E-state index in [-0.39, 0.29) is 6.54 Å². The molecule has 0 aliphatic carbocycles. The van der Waals surface area contributed by atoms with Crippen molar-refractivity contribution in [1.82, 2.24) is 4.72 Å². The molecule has 0 saturated carbocycles.